The van der Waals surface area contributed by atoms with Crippen LogP contribution >= 0.6 is 0 Å². The van der Waals surface area contributed by atoms with Crippen molar-refractivity contribution >= 4 is 11.9 Å². The first-order valence-electron chi connectivity index (χ1n) is 7.05. The van der Waals surface area contributed by atoms with Crippen LogP contribution in [0.2, 0.25) is 0 Å². The monoisotopic (exact) mass is 329 g/mol. The van der Waals surface area contributed by atoms with Gasteiger partial charge in [0.2, 0.25) is 0 Å². The molecule has 2 aliphatic rings. The van der Waals surface area contributed by atoms with E-state index in [1.165, 1.54) is 6.07 Å². The third-order valence-electron chi connectivity index (χ3n) is 4.31. The summed E-state index contributed by atoms with van der Waals surface area (Å²) < 4.78 is 44.2. The Balaban J connectivity index is 1.82. The molecule has 1 saturated heterocycles. The number of aliphatic carboxylic acids is 1. The fraction of sp³-hybridized carbons (Fsp3) is 0.467. The molecule has 0 spiro atoms. The molecule has 0 aliphatic carbocycles. The second kappa shape index (κ2) is 5.52. The molecule has 0 saturated carbocycles. The molecule has 0 unspecified atom stereocenters. The molecule has 0 bridgehead atoms. The van der Waals surface area contributed by atoms with Gasteiger partial charge in [0, 0.05) is 18.7 Å². The molecule has 5 nitrogen and oxygen atoms in total. The molecule has 2 heterocycles. The summed E-state index contributed by atoms with van der Waals surface area (Å²) in [6.07, 6.45) is -4.65. The molecule has 0 radical (unpaired) electrons. The highest BCUT2D eigenvalue weighted by molar-refractivity contribution is 5.95. The predicted octanol–water partition coefficient (Wildman–Crippen LogP) is 2.05. The van der Waals surface area contributed by atoms with E-state index in [0.717, 1.165) is 16.0 Å². The van der Waals surface area contributed by atoms with Crippen molar-refractivity contribution < 1.29 is 32.6 Å². The molecule has 124 valence electrons. The number of carboxylic acid groups (broad SMARTS) is 1. The normalized spacial score (nSPS) is 23.9. The summed E-state index contributed by atoms with van der Waals surface area (Å²) in [6, 6.07) is 4.84. The van der Waals surface area contributed by atoms with Gasteiger partial charge in [0.1, 0.15) is 0 Å². The van der Waals surface area contributed by atoms with Crippen molar-refractivity contribution in [3.63, 3.8) is 0 Å². The van der Waals surface area contributed by atoms with Gasteiger partial charge in [-0.3, -0.25) is 9.59 Å². The van der Waals surface area contributed by atoms with Gasteiger partial charge in [-0.05, 0) is 23.3 Å². The van der Waals surface area contributed by atoms with Gasteiger partial charge in [-0.25, -0.2) is 0 Å². The van der Waals surface area contributed by atoms with Gasteiger partial charge < -0.3 is 14.7 Å². The maximum atomic E-state index is 13.0. The first-order chi connectivity index (χ1) is 10.8. The van der Waals surface area contributed by atoms with Gasteiger partial charge in [-0.2, -0.15) is 13.2 Å². The highest BCUT2D eigenvalue weighted by Crippen LogP contribution is 2.38. The lowest BCUT2D eigenvalue weighted by molar-refractivity contribution is -0.187. The zero-order valence-corrected chi connectivity index (χ0v) is 12.0. The number of carbonyl (C=O) groups excluding carboxylic acids is 1. The summed E-state index contributed by atoms with van der Waals surface area (Å²) in [5.41, 5.74) is 2.03. The standard InChI is InChI=1S/C15H14F3NO4/c16-15(17,18)12-5-19(4-11(12)14(21)22)13(20)8-1-2-9-6-23-7-10(9)3-8/h1-3,11-12H,4-7H2,(H,21,22)/t11-,12-/m1/s1. The number of hydrogen-bond donors (Lipinski definition) is 1. The Kier molecular flexibility index (Phi) is 3.79. The van der Waals surface area contributed by atoms with Crippen molar-refractivity contribution in [3.8, 4) is 0 Å². The van der Waals surface area contributed by atoms with E-state index >= 15 is 0 Å². The number of hydrogen-bond acceptors (Lipinski definition) is 3. The number of halogens is 3. The minimum atomic E-state index is -4.65. The molecule has 8 heteroatoms. The number of benzene rings is 1. The van der Waals surface area contributed by atoms with Gasteiger partial charge in [-0.15, -0.1) is 0 Å². The predicted molar refractivity (Wildman–Crippen MR) is 71.5 cm³/mol. The summed E-state index contributed by atoms with van der Waals surface area (Å²) in [5, 5.41) is 8.99. The largest absolute Gasteiger partial charge is 0.481 e. The zero-order chi connectivity index (χ0) is 16.8. The van der Waals surface area contributed by atoms with E-state index in [0.29, 0.717) is 13.2 Å². The third kappa shape index (κ3) is 2.90. The number of likely N-dealkylation sites (tertiary alicyclic amines) is 1. The molecule has 2 aliphatic heterocycles. The van der Waals surface area contributed by atoms with Crippen LogP contribution in [0, 0.1) is 11.8 Å². The Hall–Kier alpha value is -2.09. The van der Waals surface area contributed by atoms with Gasteiger partial charge in [0.25, 0.3) is 5.91 Å². The number of carbonyl (C=O) groups is 2. The summed E-state index contributed by atoms with van der Waals surface area (Å²) in [4.78, 5) is 24.4. The highest BCUT2D eigenvalue weighted by Gasteiger charge is 2.53. The van der Waals surface area contributed by atoms with Crippen LogP contribution in [0.25, 0.3) is 0 Å². The minimum Gasteiger partial charge on any atom is -0.481 e. The topological polar surface area (TPSA) is 66.8 Å². The molecule has 23 heavy (non-hydrogen) atoms. The van der Waals surface area contributed by atoms with Crippen LogP contribution in [0.1, 0.15) is 21.5 Å². The van der Waals surface area contributed by atoms with E-state index in [9.17, 15) is 22.8 Å². The first-order valence-corrected chi connectivity index (χ1v) is 7.05. The van der Waals surface area contributed by atoms with E-state index in [4.69, 9.17) is 9.84 Å². The van der Waals surface area contributed by atoms with Crippen LogP contribution in [0.5, 0.6) is 0 Å². The van der Waals surface area contributed by atoms with Gasteiger partial charge in [-0.1, -0.05) is 6.07 Å². The maximum absolute atomic E-state index is 13.0. The van der Waals surface area contributed by atoms with E-state index in [1.54, 1.807) is 12.1 Å². The SMILES string of the molecule is O=C(O)[C@@H]1CN(C(=O)c2ccc3c(c2)COC3)C[C@H]1C(F)(F)F. The van der Waals surface area contributed by atoms with Crippen LogP contribution in [0.3, 0.4) is 0 Å². The molecule has 1 aromatic carbocycles. The Bertz CT molecular complexity index is 659. The number of alkyl halides is 3. The molecule has 1 aromatic rings. The van der Waals surface area contributed by atoms with Gasteiger partial charge in [0.15, 0.2) is 0 Å². The lowest BCUT2D eigenvalue weighted by Gasteiger charge is -2.18. The van der Waals surface area contributed by atoms with Crippen LogP contribution in [-0.4, -0.2) is 41.1 Å². The van der Waals surface area contributed by atoms with Crippen molar-refractivity contribution in [2.24, 2.45) is 11.8 Å². The Morgan fingerprint density at radius 2 is 1.87 bits per heavy atom. The number of rotatable bonds is 2. The van der Waals surface area contributed by atoms with E-state index in [-0.39, 0.29) is 5.56 Å². The quantitative estimate of drug-likeness (QED) is 0.902. The molecule has 2 atom stereocenters. The molecule has 1 N–H and O–H groups in total. The third-order valence-corrected chi connectivity index (χ3v) is 4.31. The lowest BCUT2D eigenvalue weighted by atomic mass is 9.96. The van der Waals surface area contributed by atoms with E-state index in [1.807, 2.05) is 0 Å². The minimum absolute atomic E-state index is 0.251. The Morgan fingerprint density at radius 3 is 2.48 bits per heavy atom. The van der Waals surface area contributed by atoms with Crippen LogP contribution in [0.15, 0.2) is 18.2 Å². The number of ether oxygens (including phenoxy) is 1. The fourth-order valence-corrected chi connectivity index (χ4v) is 3.04. The zero-order valence-electron chi connectivity index (χ0n) is 12.0. The van der Waals surface area contributed by atoms with Crippen molar-refractivity contribution in [2.45, 2.75) is 19.4 Å². The molecular formula is C15H14F3NO4. The van der Waals surface area contributed by atoms with Crippen molar-refractivity contribution in [1.29, 1.82) is 0 Å². The van der Waals surface area contributed by atoms with Crippen molar-refractivity contribution in [3.05, 3.63) is 34.9 Å². The van der Waals surface area contributed by atoms with Crippen LogP contribution < -0.4 is 0 Å². The Labute approximate surface area is 129 Å². The average molecular weight is 329 g/mol. The Morgan fingerprint density at radius 1 is 1.17 bits per heavy atom. The van der Waals surface area contributed by atoms with E-state index < -0.39 is 43.0 Å². The lowest BCUT2D eigenvalue weighted by Crippen LogP contribution is -2.34. The first kappa shape index (κ1) is 15.8. The summed E-state index contributed by atoms with van der Waals surface area (Å²) in [7, 11) is 0. The number of fused-ring (bicyclic) bond motifs is 1. The number of carboxylic acids is 1. The maximum Gasteiger partial charge on any atom is 0.394 e. The van der Waals surface area contributed by atoms with Crippen molar-refractivity contribution in [2.75, 3.05) is 13.1 Å². The van der Waals surface area contributed by atoms with Gasteiger partial charge in [0.05, 0.1) is 25.0 Å². The van der Waals surface area contributed by atoms with Crippen molar-refractivity contribution in [1.82, 2.24) is 4.90 Å². The second-order valence-electron chi connectivity index (χ2n) is 5.78. The summed E-state index contributed by atoms with van der Waals surface area (Å²) >= 11 is 0. The molecule has 1 fully saturated rings. The molecule has 3 rings (SSSR count). The van der Waals surface area contributed by atoms with Crippen LogP contribution in [0.4, 0.5) is 13.2 Å². The summed E-state index contributed by atoms with van der Waals surface area (Å²) in [5.74, 6) is -5.79. The molecule has 1 amide bonds. The highest BCUT2D eigenvalue weighted by atomic mass is 19.4. The smallest absolute Gasteiger partial charge is 0.394 e. The number of amides is 1. The second-order valence-corrected chi connectivity index (χ2v) is 5.78. The average Bonchev–Trinajstić information content (AvgIpc) is 3.11. The van der Waals surface area contributed by atoms with Gasteiger partial charge >= 0.3 is 12.1 Å². The van der Waals surface area contributed by atoms with E-state index in [2.05, 4.69) is 0 Å². The fourth-order valence-electron chi connectivity index (χ4n) is 3.04. The number of nitrogens with zero attached hydrogens (tertiary/aromatic N) is 1. The molecular weight excluding hydrogens is 315 g/mol. The summed E-state index contributed by atoms with van der Waals surface area (Å²) in [6.45, 7) is -0.261. The van der Waals surface area contributed by atoms with Crippen LogP contribution in [-0.2, 0) is 22.7 Å². The molecule has 0 aromatic heterocycles.